The molecule has 27 heavy (non-hydrogen) atoms. The zero-order chi connectivity index (χ0) is 19.8. The predicted octanol–water partition coefficient (Wildman–Crippen LogP) is 3.70. The number of aromatic hydroxyl groups is 1. The van der Waals surface area contributed by atoms with Gasteiger partial charge in [-0.1, -0.05) is 0 Å². The van der Waals surface area contributed by atoms with Crippen LogP contribution in [0.3, 0.4) is 0 Å². The van der Waals surface area contributed by atoms with Crippen molar-refractivity contribution in [2.24, 2.45) is 5.92 Å². The number of ketones is 1. The number of carbonyl (C=O) groups is 1. The number of halogens is 3. The number of carbonyl (C=O) groups excluding carboxylic acids is 1. The molecule has 5 nitrogen and oxygen atoms in total. The van der Waals surface area contributed by atoms with Crippen LogP contribution in [0.15, 0.2) is 24.3 Å². The van der Waals surface area contributed by atoms with Crippen LogP contribution in [0, 0.1) is 12.8 Å². The fraction of sp³-hybridized carbons (Fsp3) is 0.421. The summed E-state index contributed by atoms with van der Waals surface area (Å²) in [6, 6.07) is 4.63. The standard InChI is InChI=1S/C19H20F3N3O2/c1-11-8-13(19(20,21)22)9-16(26)17(11)14-5-6-15(24-23-14)18(27)12-4-3-7-25(2)10-12/h5-6,8-9,12,26H,3-4,7,10H2,1-2H3. The molecular formula is C19H20F3N3O2. The summed E-state index contributed by atoms with van der Waals surface area (Å²) in [4.78, 5) is 14.7. The van der Waals surface area contributed by atoms with Crippen molar-refractivity contribution >= 4 is 5.78 Å². The SMILES string of the molecule is Cc1cc(C(F)(F)F)cc(O)c1-c1ccc(C(=O)C2CCCN(C)C2)nn1. The normalized spacial score (nSPS) is 18.5. The molecule has 2 heterocycles. The molecule has 1 unspecified atom stereocenters. The summed E-state index contributed by atoms with van der Waals surface area (Å²) in [7, 11) is 1.96. The third-order valence-corrected chi connectivity index (χ3v) is 4.81. The van der Waals surface area contributed by atoms with Crippen molar-refractivity contribution in [1.82, 2.24) is 15.1 Å². The number of benzene rings is 1. The van der Waals surface area contributed by atoms with Gasteiger partial charge in [-0.15, -0.1) is 10.2 Å². The molecule has 1 atom stereocenters. The molecule has 1 fully saturated rings. The van der Waals surface area contributed by atoms with Crippen molar-refractivity contribution < 1.29 is 23.1 Å². The summed E-state index contributed by atoms with van der Waals surface area (Å²) < 4.78 is 38.5. The van der Waals surface area contributed by atoms with Crippen molar-refractivity contribution in [2.75, 3.05) is 20.1 Å². The zero-order valence-electron chi connectivity index (χ0n) is 15.0. The van der Waals surface area contributed by atoms with Crippen LogP contribution >= 0.6 is 0 Å². The van der Waals surface area contributed by atoms with Crippen LogP contribution in [-0.4, -0.2) is 46.1 Å². The van der Waals surface area contributed by atoms with Crippen LogP contribution in [0.1, 0.15) is 34.5 Å². The van der Waals surface area contributed by atoms with Gasteiger partial charge in [0.25, 0.3) is 0 Å². The van der Waals surface area contributed by atoms with Crippen LogP contribution in [-0.2, 0) is 6.18 Å². The Labute approximate surface area is 154 Å². The number of nitrogens with zero attached hydrogens (tertiary/aromatic N) is 3. The van der Waals surface area contributed by atoms with E-state index in [9.17, 15) is 23.1 Å². The van der Waals surface area contributed by atoms with Gasteiger partial charge < -0.3 is 10.0 Å². The number of hydrogen-bond acceptors (Lipinski definition) is 5. The third-order valence-electron chi connectivity index (χ3n) is 4.81. The van der Waals surface area contributed by atoms with Crippen LogP contribution in [0.4, 0.5) is 13.2 Å². The van der Waals surface area contributed by atoms with Gasteiger partial charge >= 0.3 is 6.18 Å². The van der Waals surface area contributed by atoms with Gasteiger partial charge in [0.05, 0.1) is 11.3 Å². The quantitative estimate of drug-likeness (QED) is 0.824. The van der Waals surface area contributed by atoms with E-state index in [4.69, 9.17) is 0 Å². The van der Waals surface area contributed by atoms with Gasteiger partial charge in [-0.05, 0) is 63.2 Å². The minimum atomic E-state index is -4.55. The summed E-state index contributed by atoms with van der Waals surface area (Å²) in [6.45, 7) is 3.09. The van der Waals surface area contributed by atoms with Crippen molar-refractivity contribution in [3.63, 3.8) is 0 Å². The maximum absolute atomic E-state index is 12.8. The van der Waals surface area contributed by atoms with Crippen LogP contribution in [0.5, 0.6) is 5.75 Å². The van der Waals surface area contributed by atoms with Crippen molar-refractivity contribution in [3.05, 3.63) is 41.1 Å². The molecule has 3 rings (SSSR count). The lowest BCUT2D eigenvalue weighted by Gasteiger charge is -2.28. The van der Waals surface area contributed by atoms with E-state index in [0.717, 1.165) is 25.5 Å². The second kappa shape index (κ2) is 7.26. The number of hydrogen-bond donors (Lipinski definition) is 1. The summed E-state index contributed by atoms with van der Waals surface area (Å²) in [5, 5.41) is 18.0. The number of likely N-dealkylation sites (tertiary alicyclic amines) is 1. The summed E-state index contributed by atoms with van der Waals surface area (Å²) >= 11 is 0. The molecule has 144 valence electrons. The Morgan fingerprint density at radius 2 is 2.00 bits per heavy atom. The van der Waals surface area contributed by atoms with E-state index in [1.165, 1.54) is 19.1 Å². The molecule has 1 N–H and O–H groups in total. The molecule has 8 heteroatoms. The molecule has 1 aromatic heterocycles. The molecule has 1 saturated heterocycles. The van der Waals surface area contributed by atoms with Crippen molar-refractivity contribution in [3.8, 4) is 17.0 Å². The molecule has 0 aliphatic carbocycles. The lowest BCUT2D eigenvalue weighted by atomic mass is 9.92. The molecule has 0 spiro atoms. The molecule has 0 radical (unpaired) electrons. The number of alkyl halides is 3. The Hall–Kier alpha value is -2.48. The van der Waals surface area contributed by atoms with Gasteiger partial charge in [0.15, 0.2) is 5.78 Å². The maximum Gasteiger partial charge on any atom is 0.416 e. The fourth-order valence-corrected chi connectivity index (χ4v) is 3.45. The maximum atomic E-state index is 12.8. The number of aromatic nitrogens is 2. The van der Waals surface area contributed by atoms with E-state index in [1.54, 1.807) is 0 Å². The summed E-state index contributed by atoms with van der Waals surface area (Å²) in [5.74, 6) is -0.747. The Balaban J connectivity index is 1.86. The molecule has 1 aliphatic heterocycles. The highest BCUT2D eigenvalue weighted by Crippen LogP contribution is 2.38. The van der Waals surface area contributed by atoms with Crippen molar-refractivity contribution in [1.29, 1.82) is 0 Å². The predicted molar refractivity (Wildman–Crippen MR) is 93.4 cm³/mol. The minimum absolute atomic E-state index is 0.0889. The van der Waals surface area contributed by atoms with E-state index in [2.05, 4.69) is 15.1 Å². The van der Waals surface area contributed by atoms with Gasteiger partial charge in [0.1, 0.15) is 11.4 Å². The first-order chi connectivity index (χ1) is 12.7. The number of aryl methyl sites for hydroxylation is 1. The molecule has 1 aromatic carbocycles. The summed E-state index contributed by atoms with van der Waals surface area (Å²) in [5.41, 5.74) is -0.0851. The Morgan fingerprint density at radius 1 is 1.26 bits per heavy atom. The molecule has 0 saturated carbocycles. The topological polar surface area (TPSA) is 66.3 Å². The molecular weight excluding hydrogens is 359 g/mol. The Kier molecular flexibility index (Phi) is 5.19. The number of piperidine rings is 1. The van der Waals surface area contributed by atoms with E-state index in [0.29, 0.717) is 12.6 Å². The zero-order valence-corrected chi connectivity index (χ0v) is 15.0. The van der Waals surface area contributed by atoms with Gasteiger partial charge in [-0.25, -0.2) is 0 Å². The first-order valence-corrected chi connectivity index (χ1v) is 8.64. The first kappa shape index (κ1) is 19.3. The smallest absolute Gasteiger partial charge is 0.416 e. The average molecular weight is 379 g/mol. The first-order valence-electron chi connectivity index (χ1n) is 8.64. The number of Topliss-reactive ketones (excluding diaryl/α,β-unsaturated/α-hetero) is 1. The van der Waals surface area contributed by atoms with Crippen LogP contribution in [0.2, 0.25) is 0 Å². The highest BCUT2D eigenvalue weighted by atomic mass is 19.4. The van der Waals surface area contributed by atoms with Crippen LogP contribution in [0.25, 0.3) is 11.3 Å². The van der Waals surface area contributed by atoms with Gasteiger partial charge in [-0.3, -0.25) is 4.79 Å². The molecule has 0 amide bonds. The number of phenolic OH excluding ortho intramolecular Hbond substituents is 1. The molecule has 0 bridgehead atoms. The second-order valence-electron chi connectivity index (χ2n) is 6.95. The second-order valence-corrected chi connectivity index (χ2v) is 6.95. The van der Waals surface area contributed by atoms with Crippen LogP contribution < -0.4 is 0 Å². The van der Waals surface area contributed by atoms with E-state index in [-0.39, 0.29) is 34.2 Å². The van der Waals surface area contributed by atoms with E-state index < -0.39 is 17.5 Å². The van der Waals surface area contributed by atoms with Crippen molar-refractivity contribution in [2.45, 2.75) is 25.9 Å². The summed E-state index contributed by atoms with van der Waals surface area (Å²) in [6.07, 6.45) is -2.81. The highest BCUT2D eigenvalue weighted by Gasteiger charge is 2.32. The minimum Gasteiger partial charge on any atom is -0.507 e. The number of phenols is 1. The van der Waals surface area contributed by atoms with E-state index >= 15 is 0 Å². The van der Waals surface area contributed by atoms with E-state index in [1.807, 2.05) is 7.05 Å². The highest BCUT2D eigenvalue weighted by molar-refractivity contribution is 5.96. The Bertz CT molecular complexity index is 827. The average Bonchev–Trinajstić information content (AvgIpc) is 2.60. The monoisotopic (exact) mass is 379 g/mol. The van der Waals surface area contributed by atoms with Gasteiger partial charge in [0.2, 0.25) is 0 Å². The molecule has 1 aliphatic rings. The largest absolute Gasteiger partial charge is 0.507 e. The number of rotatable bonds is 3. The lowest BCUT2D eigenvalue weighted by Crippen LogP contribution is -2.36. The van der Waals surface area contributed by atoms with Gasteiger partial charge in [-0.2, -0.15) is 13.2 Å². The fourth-order valence-electron chi connectivity index (χ4n) is 3.45. The molecule has 2 aromatic rings. The lowest BCUT2D eigenvalue weighted by molar-refractivity contribution is -0.137. The third kappa shape index (κ3) is 4.10. The Morgan fingerprint density at radius 3 is 2.56 bits per heavy atom. The van der Waals surface area contributed by atoms with Gasteiger partial charge in [0, 0.05) is 18.0 Å².